The van der Waals surface area contributed by atoms with Crippen LogP contribution < -0.4 is 11.1 Å². The van der Waals surface area contributed by atoms with Crippen molar-refractivity contribution >= 4 is 5.91 Å². The van der Waals surface area contributed by atoms with E-state index in [0.29, 0.717) is 12.1 Å². The highest BCUT2D eigenvalue weighted by atomic mass is 16.1. The number of nitrogens with one attached hydrogen (secondary N) is 1. The maximum atomic E-state index is 11.9. The average Bonchev–Trinajstić information content (AvgIpc) is 2.73. The lowest BCUT2D eigenvalue weighted by Gasteiger charge is -2.05. The number of hydrogen-bond donors (Lipinski definition) is 2. The average molecular weight is 252 g/mol. The van der Waals surface area contributed by atoms with Crippen LogP contribution >= 0.6 is 0 Å². The molecule has 0 spiro atoms. The lowest BCUT2D eigenvalue weighted by molar-refractivity contribution is 0.0952. The fourth-order valence-corrected chi connectivity index (χ4v) is 1.81. The van der Waals surface area contributed by atoms with Gasteiger partial charge in [0.05, 0.1) is 11.8 Å². The number of nitrogens with two attached hydrogens (primary N) is 1. The van der Waals surface area contributed by atoms with Crippen molar-refractivity contribution in [3.8, 4) is 0 Å². The van der Waals surface area contributed by atoms with Gasteiger partial charge in [-0.15, -0.1) is 0 Å². The summed E-state index contributed by atoms with van der Waals surface area (Å²) in [7, 11) is 0. The Morgan fingerprint density at radius 1 is 1.44 bits per heavy atom. The van der Waals surface area contributed by atoms with E-state index in [0.717, 1.165) is 44.5 Å². The highest BCUT2D eigenvalue weighted by Crippen LogP contribution is 2.07. The Morgan fingerprint density at radius 2 is 2.22 bits per heavy atom. The molecule has 0 bridgehead atoms. The molecule has 5 heteroatoms. The summed E-state index contributed by atoms with van der Waals surface area (Å²) in [6, 6.07) is 0. The van der Waals surface area contributed by atoms with Crippen LogP contribution in [-0.2, 0) is 6.54 Å². The highest BCUT2D eigenvalue weighted by molar-refractivity contribution is 5.94. The van der Waals surface area contributed by atoms with Crippen LogP contribution in [0, 0.1) is 6.92 Å². The van der Waals surface area contributed by atoms with Crippen molar-refractivity contribution in [3.63, 3.8) is 0 Å². The largest absolute Gasteiger partial charge is 0.352 e. The Morgan fingerprint density at radius 3 is 2.89 bits per heavy atom. The van der Waals surface area contributed by atoms with Crippen LogP contribution in [0.5, 0.6) is 0 Å². The topological polar surface area (TPSA) is 72.9 Å². The molecular weight excluding hydrogens is 228 g/mol. The molecule has 0 aliphatic carbocycles. The quantitative estimate of drug-likeness (QED) is 0.688. The smallest absolute Gasteiger partial charge is 0.254 e. The molecule has 0 saturated heterocycles. The predicted molar refractivity (Wildman–Crippen MR) is 72.5 cm³/mol. The van der Waals surface area contributed by atoms with Crippen molar-refractivity contribution in [2.45, 2.75) is 46.1 Å². The fraction of sp³-hybridized carbons (Fsp3) is 0.692. The molecule has 1 amide bonds. The van der Waals surface area contributed by atoms with Gasteiger partial charge < -0.3 is 11.1 Å². The van der Waals surface area contributed by atoms with Crippen molar-refractivity contribution in [2.24, 2.45) is 5.73 Å². The SMILES string of the molecule is CCCCCNC(=O)c1cnn(CCCN)c1C. The Hall–Kier alpha value is -1.36. The van der Waals surface area contributed by atoms with Crippen molar-refractivity contribution in [3.05, 3.63) is 17.5 Å². The molecule has 1 heterocycles. The van der Waals surface area contributed by atoms with Gasteiger partial charge in [0, 0.05) is 18.8 Å². The first-order valence-electron chi connectivity index (χ1n) is 6.71. The van der Waals surface area contributed by atoms with E-state index in [1.54, 1.807) is 6.20 Å². The summed E-state index contributed by atoms with van der Waals surface area (Å²) in [6.45, 7) is 6.21. The molecule has 1 rings (SSSR count). The normalized spacial score (nSPS) is 10.6. The Bertz CT molecular complexity index is 373. The molecule has 1 aromatic heterocycles. The first-order valence-corrected chi connectivity index (χ1v) is 6.71. The molecule has 5 nitrogen and oxygen atoms in total. The van der Waals surface area contributed by atoms with Gasteiger partial charge in [-0.2, -0.15) is 5.10 Å². The molecule has 3 N–H and O–H groups in total. The first-order chi connectivity index (χ1) is 8.70. The van der Waals surface area contributed by atoms with Crippen molar-refractivity contribution < 1.29 is 4.79 Å². The van der Waals surface area contributed by atoms with E-state index >= 15 is 0 Å². The van der Waals surface area contributed by atoms with E-state index in [9.17, 15) is 4.79 Å². The van der Waals surface area contributed by atoms with Crippen LogP contribution in [0.15, 0.2) is 6.20 Å². The minimum atomic E-state index is -0.0254. The summed E-state index contributed by atoms with van der Waals surface area (Å²) in [5, 5.41) is 7.15. The van der Waals surface area contributed by atoms with Crippen LogP contribution in [-0.4, -0.2) is 28.8 Å². The molecule has 18 heavy (non-hydrogen) atoms. The number of hydrogen-bond acceptors (Lipinski definition) is 3. The number of rotatable bonds is 8. The number of nitrogens with zero attached hydrogens (tertiary/aromatic N) is 2. The number of carbonyl (C=O) groups is 1. The second-order valence-corrected chi connectivity index (χ2v) is 4.47. The van der Waals surface area contributed by atoms with Crippen LogP contribution in [0.25, 0.3) is 0 Å². The van der Waals surface area contributed by atoms with E-state index in [2.05, 4.69) is 17.3 Å². The van der Waals surface area contributed by atoms with Gasteiger partial charge in [0.1, 0.15) is 0 Å². The third kappa shape index (κ3) is 4.14. The molecule has 0 aliphatic rings. The summed E-state index contributed by atoms with van der Waals surface area (Å²) in [5.74, 6) is -0.0254. The lowest BCUT2D eigenvalue weighted by Crippen LogP contribution is -2.25. The maximum Gasteiger partial charge on any atom is 0.254 e. The van der Waals surface area contributed by atoms with E-state index in [4.69, 9.17) is 5.73 Å². The van der Waals surface area contributed by atoms with Crippen molar-refractivity contribution in [2.75, 3.05) is 13.1 Å². The summed E-state index contributed by atoms with van der Waals surface area (Å²) >= 11 is 0. The van der Waals surface area contributed by atoms with E-state index in [-0.39, 0.29) is 5.91 Å². The zero-order valence-corrected chi connectivity index (χ0v) is 11.4. The van der Waals surface area contributed by atoms with Crippen molar-refractivity contribution in [1.82, 2.24) is 15.1 Å². The van der Waals surface area contributed by atoms with Gasteiger partial charge >= 0.3 is 0 Å². The van der Waals surface area contributed by atoms with E-state index in [1.165, 1.54) is 0 Å². The molecule has 1 aromatic rings. The number of carbonyl (C=O) groups excluding carboxylic acids is 1. The summed E-state index contributed by atoms with van der Waals surface area (Å²) in [6.07, 6.45) is 5.85. The minimum absolute atomic E-state index is 0.0254. The Kier molecular flexibility index (Phi) is 6.43. The summed E-state index contributed by atoms with van der Waals surface area (Å²) in [5.41, 5.74) is 7.05. The number of aryl methyl sites for hydroxylation is 1. The van der Waals surface area contributed by atoms with E-state index in [1.807, 2.05) is 11.6 Å². The molecule has 0 aliphatic heterocycles. The Labute approximate surface area is 109 Å². The monoisotopic (exact) mass is 252 g/mol. The van der Waals surface area contributed by atoms with Crippen LogP contribution in [0.4, 0.5) is 0 Å². The van der Waals surface area contributed by atoms with E-state index < -0.39 is 0 Å². The van der Waals surface area contributed by atoms with Gasteiger partial charge in [0.15, 0.2) is 0 Å². The predicted octanol–water partition coefficient (Wildman–Crippen LogP) is 1.46. The minimum Gasteiger partial charge on any atom is -0.352 e. The van der Waals surface area contributed by atoms with Gasteiger partial charge in [-0.05, 0) is 26.3 Å². The number of aromatic nitrogens is 2. The molecule has 0 atom stereocenters. The standard InChI is InChI=1S/C13H24N4O/c1-3-4-5-8-15-13(18)12-10-16-17(11(12)2)9-6-7-14/h10H,3-9,14H2,1-2H3,(H,15,18). The lowest BCUT2D eigenvalue weighted by atomic mass is 10.2. The molecule has 0 saturated carbocycles. The second kappa shape index (κ2) is 7.87. The van der Waals surface area contributed by atoms with Gasteiger partial charge in [0.2, 0.25) is 0 Å². The van der Waals surface area contributed by atoms with Crippen molar-refractivity contribution in [1.29, 1.82) is 0 Å². The van der Waals surface area contributed by atoms with Crippen LogP contribution in [0.3, 0.4) is 0 Å². The van der Waals surface area contributed by atoms with Gasteiger partial charge in [-0.1, -0.05) is 19.8 Å². The number of amides is 1. The zero-order chi connectivity index (χ0) is 13.4. The van der Waals surface area contributed by atoms with Gasteiger partial charge in [-0.3, -0.25) is 9.48 Å². The fourth-order valence-electron chi connectivity index (χ4n) is 1.81. The molecule has 102 valence electrons. The molecule has 0 radical (unpaired) electrons. The third-order valence-corrected chi connectivity index (χ3v) is 2.99. The summed E-state index contributed by atoms with van der Waals surface area (Å²) < 4.78 is 1.84. The third-order valence-electron chi connectivity index (χ3n) is 2.99. The zero-order valence-electron chi connectivity index (χ0n) is 11.4. The van der Waals surface area contributed by atoms with Crippen LogP contribution in [0.1, 0.15) is 48.7 Å². The number of unbranched alkanes of at least 4 members (excludes halogenated alkanes) is 2. The molecular formula is C13H24N4O. The van der Waals surface area contributed by atoms with Crippen LogP contribution in [0.2, 0.25) is 0 Å². The summed E-state index contributed by atoms with van der Waals surface area (Å²) in [4.78, 5) is 11.9. The maximum absolute atomic E-state index is 11.9. The molecule has 0 unspecified atom stereocenters. The molecule has 0 fully saturated rings. The first kappa shape index (κ1) is 14.7. The Balaban J connectivity index is 2.50. The van der Waals surface area contributed by atoms with Gasteiger partial charge in [0.25, 0.3) is 5.91 Å². The van der Waals surface area contributed by atoms with Gasteiger partial charge in [-0.25, -0.2) is 0 Å². The second-order valence-electron chi connectivity index (χ2n) is 4.47. The highest BCUT2D eigenvalue weighted by Gasteiger charge is 2.13. The molecule has 0 aromatic carbocycles.